The third-order valence-corrected chi connectivity index (χ3v) is 5.30. The number of hydrogen-bond acceptors (Lipinski definition) is 4. The molecule has 0 radical (unpaired) electrons. The number of ether oxygens (including phenoxy) is 1. The molecule has 0 unspecified atom stereocenters. The van der Waals surface area contributed by atoms with Gasteiger partial charge in [0.25, 0.3) is 0 Å². The zero-order chi connectivity index (χ0) is 19.2. The average Bonchev–Trinajstić information content (AvgIpc) is 2.68. The molecular weight excluding hydrogens is 340 g/mol. The van der Waals surface area contributed by atoms with Gasteiger partial charge >= 0.3 is 5.97 Å². The lowest BCUT2D eigenvalue weighted by molar-refractivity contribution is -0.139. The van der Waals surface area contributed by atoms with Crippen molar-refractivity contribution >= 4 is 11.7 Å². The van der Waals surface area contributed by atoms with E-state index in [2.05, 4.69) is 41.0 Å². The Morgan fingerprint density at radius 1 is 1.19 bits per heavy atom. The summed E-state index contributed by atoms with van der Waals surface area (Å²) < 4.78 is 5.30. The second-order valence-corrected chi connectivity index (χ2v) is 7.15. The molecule has 1 N–H and O–H groups in total. The van der Waals surface area contributed by atoms with Crippen LogP contribution in [0, 0.1) is 6.92 Å². The summed E-state index contributed by atoms with van der Waals surface area (Å²) in [6.45, 7) is 4.72. The normalized spacial score (nSPS) is 15.1. The highest BCUT2D eigenvalue weighted by Gasteiger charge is 2.26. The molecule has 0 saturated carbocycles. The number of hydrogen-bond donors (Lipinski definition) is 1. The molecule has 144 valence electrons. The molecule has 3 rings (SSSR count). The maximum Gasteiger partial charge on any atom is 0.317 e. The molecule has 5 heteroatoms. The molecule has 1 fully saturated rings. The van der Waals surface area contributed by atoms with Crippen molar-refractivity contribution in [1.82, 2.24) is 4.90 Å². The number of carboxylic acid groups (broad SMARTS) is 1. The largest absolute Gasteiger partial charge is 0.497 e. The Balaban J connectivity index is 1.67. The van der Waals surface area contributed by atoms with E-state index in [1.165, 1.54) is 11.3 Å². The molecule has 0 spiro atoms. The number of anilines is 1. The Morgan fingerprint density at radius 2 is 1.93 bits per heavy atom. The van der Waals surface area contributed by atoms with Crippen LogP contribution in [-0.4, -0.2) is 48.8 Å². The van der Waals surface area contributed by atoms with Crippen LogP contribution in [0.4, 0.5) is 5.69 Å². The maximum atomic E-state index is 11.4. The van der Waals surface area contributed by atoms with Crippen molar-refractivity contribution in [2.45, 2.75) is 32.4 Å². The third kappa shape index (κ3) is 5.01. The predicted molar refractivity (Wildman–Crippen MR) is 107 cm³/mol. The van der Waals surface area contributed by atoms with Gasteiger partial charge in [0.15, 0.2) is 0 Å². The lowest BCUT2D eigenvalue weighted by atomic mass is 10.0. The van der Waals surface area contributed by atoms with E-state index in [-0.39, 0.29) is 12.6 Å². The van der Waals surface area contributed by atoms with E-state index in [1.807, 2.05) is 24.3 Å². The molecule has 0 amide bonds. The van der Waals surface area contributed by atoms with Crippen molar-refractivity contribution < 1.29 is 14.6 Å². The van der Waals surface area contributed by atoms with Crippen molar-refractivity contribution in [2.75, 3.05) is 31.6 Å². The molecule has 1 saturated heterocycles. The van der Waals surface area contributed by atoms with Gasteiger partial charge in [-0.2, -0.15) is 0 Å². The average molecular weight is 368 g/mol. The quantitative estimate of drug-likeness (QED) is 0.810. The molecule has 0 bridgehead atoms. The van der Waals surface area contributed by atoms with Crippen molar-refractivity contribution in [1.29, 1.82) is 0 Å². The molecule has 1 aliphatic heterocycles. The number of carboxylic acids is 1. The van der Waals surface area contributed by atoms with Crippen LogP contribution in [-0.2, 0) is 11.3 Å². The first-order valence-electron chi connectivity index (χ1n) is 9.46. The fourth-order valence-corrected chi connectivity index (χ4v) is 3.88. The van der Waals surface area contributed by atoms with Gasteiger partial charge in [0.2, 0.25) is 0 Å². The minimum atomic E-state index is -0.778. The van der Waals surface area contributed by atoms with E-state index in [0.717, 1.165) is 37.2 Å². The van der Waals surface area contributed by atoms with Crippen molar-refractivity contribution in [3.8, 4) is 5.75 Å². The monoisotopic (exact) mass is 368 g/mol. The Kier molecular flexibility index (Phi) is 6.35. The standard InChI is InChI=1S/C22H28N2O3/c1-17-6-3-4-9-21(17)23-12-10-19(11-13-23)24(16-22(25)26)15-18-7-5-8-20(14-18)27-2/h3-9,14,19H,10-13,15-16H2,1-2H3,(H,25,26). The van der Waals surface area contributed by atoms with E-state index in [0.29, 0.717) is 6.54 Å². The first-order chi connectivity index (χ1) is 13.1. The smallest absolute Gasteiger partial charge is 0.317 e. The van der Waals surface area contributed by atoms with Crippen molar-refractivity contribution in [3.05, 3.63) is 59.7 Å². The molecule has 0 aromatic heterocycles. The van der Waals surface area contributed by atoms with Gasteiger partial charge in [-0.15, -0.1) is 0 Å². The number of carbonyl (C=O) groups is 1. The van der Waals surface area contributed by atoms with E-state index in [9.17, 15) is 9.90 Å². The lowest BCUT2D eigenvalue weighted by Crippen LogP contribution is -2.46. The summed E-state index contributed by atoms with van der Waals surface area (Å²) in [5.41, 5.74) is 3.65. The minimum absolute atomic E-state index is 0.0617. The molecule has 1 aliphatic rings. The first kappa shape index (κ1) is 19.2. The summed E-state index contributed by atoms with van der Waals surface area (Å²) in [6, 6.07) is 16.6. The van der Waals surface area contributed by atoms with Crippen LogP contribution in [0.5, 0.6) is 5.75 Å². The molecule has 0 atom stereocenters. The van der Waals surface area contributed by atoms with Crippen LogP contribution < -0.4 is 9.64 Å². The topological polar surface area (TPSA) is 53.0 Å². The van der Waals surface area contributed by atoms with Crippen LogP contribution in [0.2, 0.25) is 0 Å². The van der Waals surface area contributed by atoms with Crippen LogP contribution in [0.25, 0.3) is 0 Å². The summed E-state index contributed by atoms with van der Waals surface area (Å²) in [6.07, 6.45) is 1.93. The highest BCUT2D eigenvalue weighted by atomic mass is 16.5. The van der Waals surface area contributed by atoms with E-state index < -0.39 is 5.97 Å². The number of nitrogens with zero attached hydrogens (tertiary/aromatic N) is 2. The Hall–Kier alpha value is -2.53. The van der Waals surface area contributed by atoms with Crippen molar-refractivity contribution in [2.24, 2.45) is 0 Å². The number of benzene rings is 2. The summed E-state index contributed by atoms with van der Waals surface area (Å²) in [4.78, 5) is 15.9. The fourth-order valence-electron chi connectivity index (χ4n) is 3.88. The van der Waals surface area contributed by atoms with Crippen LogP contribution in [0.15, 0.2) is 48.5 Å². The fraction of sp³-hybridized carbons (Fsp3) is 0.409. The molecular formula is C22H28N2O3. The van der Waals surface area contributed by atoms with Crippen molar-refractivity contribution in [3.63, 3.8) is 0 Å². The summed E-state index contributed by atoms with van der Waals surface area (Å²) >= 11 is 0. The Bertz CT molecular complexity index is 770. The van der Waals surface area contributed by atoms with Gasteiger partial charge in [0.05, 0.1) is 13.7 Å². The summed E-state index contributed by atoms with van der Waals surface area (Å²) in [5.74, 6) is 0.0244. The SMILES string of the molecule is COc1cccc(CN(CC(=O)O)C2CCN(c3ccccc3C)CC2)c1. The second kappa shape index (κ2) is 8.91. The highest BCUT2D eigenvalue weighted by Crippen LogP contribution is 2.26. The van der Waals surface area contributed by atoms with E-state index in [1.54, 1.807) is 7.11 Å². The number of para-hydroxylation sites is 1. The summed E-state index contributed by atoms with van der Waals surface area (Å²) in [5, 5.41) is 9.38. The van der Waals surface area contributed by atoms with Gasteiger partial charge in [-0.25, -0.2) is 0 Å². The number of aryl methyl sites for hydroxylation is 1. The first-order valence-corrected chi connectivity index (χ1v) is 9.46. The zero-order valence-corrected chi connectivity index (χ0v) is 16.1. The van der Waals surface area contributed by atoms with Gasteiger partial charge in [0.1, 0.15) is 5.75 Å². The molecule has 1 heterocycles. The van der Waals surface area contributed by atoms with Gasteiger partial charge in [-0.05, 0) is 49.1 Å². The minimum Gasteiger partial charge on any atom is -0.497 e. The van der Waals surface area contributed by atoms with Gasteiger partial charge in [-0.3, -0.25) is 9.69 Å². The number of aliphatic carboxylic acids is 1. The molecule has 5 nitrogen and oxygen atoms in total. The number of rotatable bonds is 7. The molecule has 27 heavy (non-hydrogen) atoms. The maximum absolute atomic E-state index is 11.4. The Labute approximate surface area is 161 Å². The van der Waals surface area contributed by atoms with Crippen LogP contribution in [0.1, 0.15) is 24.0 Å². The summed E-state index contributed by atoms with van der Waals surface area (Å²) in [7, 11) is 1.65. The lowest BCUT2D eigenvalue weighted by Gasteiger charge is -2.39. The van der Waals surface area contributed by atoms with Crippen LogP contribution >= 0.6 is 0 Å². The number of methoxy groups -OCH3 is 1. The second-order valence-electron chi connectivity index (χ2n) is 7.15. The van der Waals surface area contributed by atoms with Gasteiger partial charge < -0.3 is 14.7 Å². The van der Waals surface area contributed by atoms with Crippen LogP contribution in [0.3, 0.4) is 0 Å². The third-order valence-electron chi connectivity index (χ3n) is 5.30. The molecule has 2 aromatic carbocycles. The predicted octanol–water partition coefficient (Wildman–Crippen LogP) is 3.56. The van der Waals surface area contributed by atoms with Gasteiger partial charge in [-0.1, -0.05) is 30.3 Å². The highest BCUT2D eigenvalue weighted by molar-refractivity contribution is 5.69. The molecule has 2 aromatic rings. The molecule has 0 aliphatic carbocycles. The zero-order valence-electron chi connectivity index (χ0n) is 16.1. The van der Waals surface area contributed by atoms with Gasteiger partial charge in [0, 0.05) is 31.4 Å². The number of piperidine rings is 1. The van der Waals surface area contributed by atoms with E-state index >= 15 is 0 Å². The van der Waals surface area contributed by atoms with E-state index in [4.69, 9.17) is 4.74 Å². The Morgan fingerprint density at radius 3 is 2.59 bits per heavy atom.